The number of fused-ring (bicyclic) bond motifs is 1. The number of hydrogen-bond donors (Lipinski definition) is 1. The number of imidazole rings is 1. The number of aryl methyl sites for hydroxylation is 2. The number of nitrogens with zero attached hydrogens (tertiary/aromatic N) is 3. The largest absolute Gasteiger partial charge is 0.329 e. The number of benzene rings is 1. The summed E-state index contributed by atoms with van der Waals surface area (Å²) < 4.78 is 3.21. The Morgan fingerprint density at radius 1 is 1.24 bits per heavy atom. The van der Waals surface area contributed by atoms with Gasteiger partial charge in [-0.2, -0.15) is 0 Å². The van der Waals surface area contributed by atoms with E-state index in [0.717, 1.165) is 12.0 Å². The van der Waals surface area contributed by atoms with Crippen molar-refractivity contribution in [2.45, 2.75) is 30.8 Å². The molecule has 0 spiro atoms. The average molecular weight is 399 g/mol. The summed E-state index contributed by atoms with van der Waals surface area (Å²) in [6, 6.07) is 5.46. The Morgan fingerprint density at radius 2 is 2.00 bits per heavy atom. The molecule has 6 nitrogen and oxygen atoms in total. The predicted octanol–water partition coefficient (Wildman–Crippen LogP) is 3.43. The number of H-pyrrole nitrogens is 1. The molecule has 0 aliphatic carbocycles. The smallest absolute Gasteiger partial charge is 0.313 e. The van der Waals surface area contributed by atoms with E-state index in [9.17, 15) is 9.59 Å². The zero-order valence-electron chi connectivity index (χ0n) is 13.7. The van der Waals surface area contributed by atoms with Crippen molar-refractivity contribution in [2.75, 3.05) is 0 Å². The molecule has 3 aromatic rings. The van der Waals surface area contributed by atoms with Gasteiger partial charge >= 0.3 is 5.69 Å². The first-order valence-electron chi connectivity index (χ1n) is 7.68. The molecule has 25 heavy (non-hydrogen) atoms. The van der Waals surface area contributed by atoms with Gasteiger partial charge < -0.3 is 4.57 Å². The lowest BCUT2D eigenvalue weighted by atomic mass is 10.2. The fraction of sp³-hybridized carbons (Fsp3) is 0.312. The Kier molecular flexibility index (Phi) is 5.27. The second-order valence-electron chi connectivity index (χ2n) is 5.57. The van der Waals surface area contributed by atoms with E-state index in [-0.39, 0.29) is 0 Å². The van der Waals surface area contributed by atoms with Crippen LogP contribution in [0.3, 0.4) is 0 Å². The number of rotatable bonds is 5. The van der Waals surface area contributed by atoms with Crippen molar-refractivity contribution in [2.24, 2.45) is 7.05 Å². The predicted molar refractivity (Wildman–Crippen MR) is 102 cm³/mol. The molecule has 0 radical (unpaired) electrons. The maximum Gasteiger partial charge on any atom is 0.329 e. The Hall–Kier alpha value is -1.70. The van der Waals surface area contributed by atoms with E-state index in [1.165, 1.54) is 16.3 Å². The topological polar surface area (TPSA) is 72.7 Å². The number of nitrogens with one attached hydrogen (secondary N) is 1. The van der Waals surface area contributed by atoms with E-state index in [4.69, 9.17) is 23.2 Å². The van der Waals surface area contributed by atoms with Crippen molar-refractivity contribution in [3.8, 4) is 0 Å². The van der Waals surface area contributed by atoms with Crippen LogP contribution in [0.5, 0.6) is 0 Å². The lowest BCUT2D eigenvalue weighted by Crippen LogP contribution is -2.29. The lowest BCUT2D eigenvalue weighted by molar-refractivity contribution is 0.636. The van der Waals surface area contributed by atoms with Crippen molar-refractivity contribution in [3.63, 3.8) is 0 Å². The Morgan fingerprint density at radius 3 is 2.68 bits per heavy atom. The zero-order valence-corrected chi connectivity index (χ0v) is 16.0. The van der Waals surface area contributed by atoms with Crippen LogP contribution >= 0.6 is 35.0 Å². The van der Waals surface area contributed by atoms with Gasteiger partial charge in [0.15, 0.2) is 16.3 Å². The molecule has 2 heterocycles. The van der Waals surface area contributed by atoms with Gasteiger partial charge in [-0.1, -0.05) is 48.0 Å². The quantitative estimate of drug-likeness (QED) is 0.668. The number of hydrogen-bond acceptors (Lipinski definition) is 4. The van der Waals surface area contributed by atoms with E-state index >= 15 is 0 Å². The lowest BCUT2D eigenvalue weighted by Gasteiger charge is -2.07. The highest BCUT2D eigenvalue weighted by Crippen LogP contribution is 2.28. The second kappa shape index (κ2) is 7.27. The fourth-order valence-corrected chi connectivity index (χ4v) is 3.82. The summed E-state index contributed by atoms with van der Waals surface area (Å²) in [6.45, 7) is 2.66. The molecule has 3 rings (SSSR count). The van der Waals surface area contributed by atoms with Crippen molar-refractivity contribution < 1.29 is 0 Å². The molecule has 0 amide bonds. The standard InChI is InChI=1S/C16H16Cl2N4O2S/c1-3-6-22-12-13(21(2)15(24)20-14(12)23)19-16(22)25-8-9-4-5-10(17)11(18)7-9/h4-5,7H,3,6,8H2,1-2H3,(H,20,23,24). The van der Waals surface area contributed by atoms with E-state index in [0.29, 0.717) is 38.7 Å². The van der Waals surface area contributed by atoms with Crippen LogP contribution < -0.4 is 11.2 Å². The van der Waals surface area contributed by atoms with Gasteiger partial charge in [-0.3, -0.25) is 14.3 Å². The maximum absolute atomic E-state index is 12.2. The number of halogens is 2. The summed E-state index contributed by atoms with van der Waals surface area (Å²) in [6.07, 6.45) is 0.841. The molecule has 0 fully saturated rings. The average Bonchev–Trinajstić information content (AvgIpc) is 2.93. The van der Waals surface area contributed by atoms with Crippen LogP contribution in [0.25, 0.3) is 11.2 Å². The molecule has 0 bridgehead atoms. The van der Waals surface area contributed by atoms with Gasteiger partial charge in [-0.15, -0.1) is 0 Å². The number of aromatic amines is 1. The molecule has 0 unspecified atom stereocenters. The Balaban J connectivity index is 2.03. The van der Waals surface area contributed by atoms with E-state index in [2.05, 4.69) is 9.97 Å². The van der Waals surface area contributed by atoms with Crippen LogP contribution in [0.2, 0.25) is 10.0 Å². The summed E-state index contributed by atoms with van der Waals surface area (Å²) in [5.41, 5.74) is 0.914. The van der Waals surface area contributed by atoms with Gasteiger partial charge in [0.2, 0.25) is 0 Å². The summed E-state index contributed by atoms with van der Waals surface area (Å²) in [5, 5.41) is 1.70. The first kappa shape index (κ1) is 18.1. The highest BCUT2D eigenvalue weighted by Gasteiger charge is 2.17. The normalized spacial score (nSPS) is 11.4. The van der Waals surface area contributed by atoms with Crippen LogP contribution in [-0.2, 0) is 19.3 Å². The molecule has 0 aliphatic heterocycles. The van der Waals surface area contributed by atoms with Gasteiger partial charge in [-0.05, 0) is 24.1 Å². The monoisotopic (exact) mass is 398 g/mol. The molecule has 1 N–H and O–H groups in total. The first-order chi connectivity index (χ1) is 11.9. The highest BCUT2D eigenvalue weighted by molar-refractivity contribution is 7.98. The van der Waals surface area contributed by atoms with Crippen LogP contribution in [-0.4, -0.2) is 19.1 Å². The molecule has 2 aromatic heterocycles. The highest BCUT2D eigenvalue weighted by atomic mass is 35.5. The minimum Gasteiger partial charge on any atom is -0.313 e. The van der Waals surface area contributed by atoms with Crippen molar-refractivity contribution in [1.29, 1.82) is 0 Å². The summed E-state index contributed by atoms with van der Waals surface area (Å²) in [5.74, 6) is 0.621. The van der Waals surface area contributed by atoms with Gasteiger partial charge in [0.25, 0.3) is 5.56 Å². The van der Waals surface area contributed by atoms with Gasteiger partial charge in [0.05, 0.1) is 10.0 Å². The van der Waals surface area contributed by atoms with Crippen molar-refractivity contribution >= 4 is 46.1 Å². The number of thioether (sulfide) groups is 1. The summed E-state index contributed by atoms with van der Waals surface area (Å²) in [7, 11) is 1.59. The molecule has 0 saturated carbocycles. The van der Waals surface area contributed by atoms with Crippen LogP contribution in [0, 0.1) is 0 Å². The molecule has 0 saturated heterocycles. The Labute approximate surface area is 157 Å². The minimum absolute atomic E-state index is 0.388. The van der Waals surface area contributed by atoms with E-state index < -0.39 is 11.2 Å². The number of aromatic nitrogens is 4. The summed E-state index contributed by atoms with van der Waals surface area (Å²) in [4.78, 5) is 30.9. The third-order valence-electron chi connectivity index (χ3n) is 3.77. The van der Waals surface area contributed by atoms with Crippen molar-refractivity contribution in [1.82, 2.24) is 19.1 Å². The SMILES string of the molecule is CCCn1c(SCc2ccc(Cl)c(Cl)c2)nc2c1c(=O)[nH]c(=O)n2C. The van der Waals surface area contributed by atoms with Crippen LogP contribution in [0.1, 0.15) is 18.9 Å². The van der Waals surface area contributed by atoms with E-state index in [1.807, 2.05) is 23.6 Å². The van der Waals surface area contributed by atoms with Gasteiger partial charge in [0, 0.05) is 19.3 Å². The summed E-state index contributed by atoms with van der Waals surface area (Å²) >= 11 is 13.5. The maximum atomic E-state index is 12.2. The first-order valence-corrected chi connectivity index (χ1v) is 9.42. The fourth-order valence-electron chi connectivity index (χ4n) is 2.53. The molecular formula is C16H16Cl2N4O2S. The van der Waals surface area contributed by atoms with Gasteiger partial charge in [-0.25, -0.2) is 9.78 Å². The second-order valence-corrected chi connectivity index (χ2v) is 7.33. The molecule has 9 heteroatoms. The third kappa shape index (κ3) is 3.49. The van der Waals surface area contributed by atoms with Gasteiger partial charge in [0.1, 0.15) is 0 Å². The van der Waals surface area contributed by atoms with E-state index in [1.54, 1.807) is 13.1 Å². The molecule has 0 atom stereocenters. The van der Waals surface area contributed by atoms with Crippen LogP contribution in [0.15, 0.2) is 32.9 Å². The molecular weight excluding hydrogens is 383 g/mol. The third-order valence-corrected chi connectivity index (χ3v) is 5.56. The Bertz CT molecular complexity index is 1050. The van der Waals surface area contributed by atoms with Crippen molar-refractivity contribution in [3.05, 3.63) is 54.6 Å². The molecule has 132 valence electrons. The zero-order chi connectivity index (χ0) is 18.1. The minimum atomic E-state index is -0.473. The van der Waals surface area contributed by atoms with Crippen LogP contribution in [0.4, 0.5) is 0 Å². The molecule has 1 aromatic carbocycles. The molecule has 0 aliphatic rings.